The standard InChI is InChI=1S/C20H26N2O3S/c1-15-6-5-7-16(2)20(15)21-10-12-22(13-11-21)26(23,24)18-8-9-19(25-4)17(3)14-18/h5-9,14H,10-13H2,1-4H3. The lowest BCUT2D eigenvalue weighted by atomic mass is 10.1. The van der Waals surface area contributed by atoms with Gasteiger partial charge in [0.25, 0.3) is 0 Å². The summed E-state index contributed by atoms with van der Waals surface area (Å²) >= 11 is 0. The van der Waals surface area contributed by atoms with Crippen molar-refractivity contribution in [2.75, 3.05) is 38.2 Å². The Bertz CT molecular complexity index is 881. The molecule has 2 aromatic carbocycles. The van der Waals surface area contributed by atoms with E-state index in [1.165, 1.54) is 16.8 Å². The molecule has 0 saturated carbocycles. The Morgan fingerprint density at radius 3 is 2.04 bits per heavy atom. The van der Waals surface area contributed by atoms with Gasteiger partial charge in [0.1, 0.15) is 5.75 Å². The zero-order valence-corrected chi connectivity index (χ0v) is 16.6. The van der Waals surface area contributed by atoms with Crippen molar-refractivity contribution in [3.8, 4) is 5.75 Å². The van der Waals surface area contributed by atoms with Gasteiger partial charge in [-0.05, 0) is 55.7 Å². The molecule has 0 unspecified atom stereocenters. The van der Waals surface area contributed by atoms with Crippen molar-refractivity contribution in [3.05, 3.63) is 53.1 Å². The van der Waals surface area contributed by atoms with Gasteiger partial charge in [0, 0.05) is 31.9 Å². The van der Waals surface area contributed by atoms with Gasteiger partial charge >= 0.3 is 0 Å². The van der Waals surface area contributed by atoms with Crippen molar-refractivity contribution in [3.63, 3.8) is 0 Å². The minimum absolute atomic E-state index is 0.330. The molecule has 5 nitrogen and oxygen atoms in total. The van der Waals surface area contributed by atoms with E-state index in [9.17, 15) is 8.42 Å². The van der Waals surface area contributed by atoms with Crippen LogP contribution in [0.5, 0.6) is 5.75 Å². The first-order valence-electron chi connectivity index (χ1n) is 8.80. The van der Waals surface area contributed by atoms with E-state index in [0.29, 0.717) is 36.8 Å². The second-order valence-electron chi connectivity index (χ2n) is 6.76. The Kier molecular flexibility index (Phi) is 5.25. The third-order valence-electron chi connectivity index (χ3n) is 5.00. The number of para-hydroxylation sites is 1. The first kappa shape index (κ1) is 18.7. The molecule has 0 atom stereocenters. The summed E-state index contributed by atoms with van der Waals surface area (Å²) in [6, 6.07) is 11.3. The van der Waals surface area contributed by atoms with Crippen molar-refractivity contribution in [1.29, 1.82) is 0 Å². The van der Waals surface area contributed by atoms with E-state index in [4.69, 9.17) is 4.74 Å². The van der Waals surface area contributed by atoms with Crippen molar-refractivity contribution >= 4 is 15.7 Å². The number of sulfonamides is 1. The maximum Gasteiger partial charge on any atom is 0.243 e. The molecule has 6 heteroatoms. The monoisotopic (exact) mass is 374 g/mol. The zero-order chi connectivity index (χ0) is 18.9. The molecule has 0 amide bonds. The lowest BCUT2D eigenvalue weighted by molar-refractivity contribution is 0.384. The average Bonchev–Trinajstić information content (AvgIpc) is 2.62. The van der Waals surface area contributed by atoms with Crippen molar-refractivity contribution < 1.29 is 13.2 Å². The number of hydrogen-bond acceptors (Lipinski definition) is 4. The highest BCUT2D eigenvalue weighted by molar-refractivity contribution is 7.89. The van der Waals surface area contributed by atoms with Gasteiger partial charge in [-0.15, -0.1) is 0 Å². The maximum absolute atomic E-state index is 13.0. The van der Waals surface area contributed by atoms with Crippen molar-refractivity contribution in [2.45, 2.75) is 25.7 Å². The highest BCUT2D eigenvalue weighted by Crippen LogP contribution is 2.28. The SMILES string of the molecule is COc1ccc(S(=O)(=O)N2CCN(c3c(C)cccc3C)CC2)cc1C. The van der Waals surface area contributed by atoms with E-state index < -0.39 is 10.0 Å². The molecule has 1 saturated heterocycles. The second-order valence-corrected chi connectivity index (χ2v) is 8.70. The molecule has 1 aliphatic rings. The predicted octanol–water partition coefficient (Wildman–Crippen LogP) is 3.13. The molecular weight excluding hydrogens is 348 g/mol. The summed E-state index contributed by atoms with van der Waals surface area (Å²) in [4.78, 5) is 2.62. The molecule has 0 aliphatic carbocycles. The molecule has 0 N–H and O–H groups in total. The van der Waals surface area contributed by atoms with Gasteiger partial charge in [-0.3, -0.25) is 0 Å². The lowest BCUT2D eigenvalue weighted by Crippen LogP contribution is -2.49. The van der Waals surface area contributed by atoms with E-state index in [2.05, 4.69) is 36.9 Å². The number of piperazine rings is 1. The van der Waals surface area contributed by atoms with E-state index in [-0.39, 0.29) is 0 Å². The van der Waals surface area contributed by atoms with Crippen LogP contribution in [0.15, 0.2) is 41.3 Å². The lowest BCUT2D eigenvalue weighted by Gasteiger charge is -2.37. The molecule has 0 aromatic heterocycles. The van der Waals surface area contributed by atoms with Crippen LogP contribution in [0.1, 0.15) is 16.7 Å². The van der Waals surface area contributed by atoms with Gasteiger partial charge in [0.15, 0.2) is 0 Å². The van der Waals surface area contributed by atoms with Gasteiger partial charge in [0.05, 0.1) is 12.0 Å². The van der Waals surface area contributed by atoms with Crippen LogP contribution in [0, 0.1) is 20.8 Å². The van der Waals surface area contributed by atoms with Crippen LogP contribution in [-0.2, 0) is 10.0 Å². The fourth-order valence-electron chi connectivity index (χ4n) is 3.62. The number of ether oxygens (including phenoxy) is 1. The van der Waals surface area contributed by atoms with Gasteiger partial charge in [-0.1, -0.05) is 18.2 Å². The first-order chi connectivity index (χ1) is 12.3. The Morgan fingerprint density at radius 2 is 1.50 bits per heavy atom. The van der Waals surface area contributed by atoms with Crippen LogP contribution in [0.3, 0.4) is 0 Å². The fourth-order valence-corrected chi connectivity index (χ4v) is 5.12. The van der Waals surface area contributed by atoms with Crippen LogP contribution >= 0.6 is 0 Å². The van der Waals surface area contributed by atoms with Crippen LogP contribution in [0.4, 0.5) is 5.69 Å². The molecule has 2 aromatic rings. The third-order valence-corrected chi connectivity index (χ3v) is 6.89. The van der Waals surface area contributed by atoms with Crippen molar-refractivity contribution in [2.24, 2.45) is 0 Å². The maximum atomic E-state index is 13.0. The summed E-state index contributed by atoms with van der Waals surface area (Å²) < 4.78 is 32.8. The number of rotatable bonds is 4. The normalized spacial score (nSPS) is 15.9. The quantitative estimate of drug-likeness (QED) is 0.825. The molecule has 26 heavy (non-hydrogen) atoms. The zero-order valence-electron chi connectivity index (χ0n) is 15.8. The fraction of sp³-hybridized carbons (Fsp3) is 0.400. The summed E-state index contributed by atoms with van der Waals surface area (Å²) in [6.45, 7) is 8.43. The minimum atomic E-state index is -3.48. The van der Waals surface area contributed by atoms with Crippen LogP contribution in [0.2, 0.25) is 0 Å². The van der Waals surface area contributed by atoms with Gasteiger partial charge in [0.2, 0.25) is 10.0 Å². The molecule has 0 spiro atoms. The predicted molar refractivity (Wildman–Crippen MR) is 105 cm³/mol. The van der Waals surface area contributed by atoms with Gasteiger partial charge in [-0.25, -0.2) is 8.42 Å². The Morgan fingerprint density at radius 1 is 0.885 bits per heavy atom. The number of hydrogen-bond donors (Lipinski definition) is 0. The Labute approximate surface area is 156 Å². The number of benzene rings is 2. The number of nitrogens with zero attached hydrogens (tertiary/aromatic N) is 2. The highest BCUT2D eigenvalue weighted by atomic mass is 32.2. The van der Waals surface area contributed by atoms with E-state index >= 15 is 0 Å². The molecule has 1 aliphatic heterocycles. The van der Waals surface area contributed by atoms with Crippen LogP contribution in [-0.4, -0.2) is 46.0 Å². The highest BCUT2D eigenvalue weighted by Gasteiger charge is 2.29. The molecule has 140 valence electrons. The number of anilines is 1. The molecular formula is C20H26N2O3S. The minimum Gasteiger partial charge on any atom is -0.496 e. The first-order valence-corrected chi connectivity index (χ1v) is 10.2. The second kappa shape index (κ2) is 7.29. The molecule has 0 bridgehead atoms. The number of methoxy groups -OCH3 is 1. The van der Waals surface area contributed by atoms with E-state index in [0.717, 1.165) is 5.56 Å². The van der Waals surface area contributed by atoms with E-state index in [1.807, 2.05) is 6.92 Å². The summed E-state index contributed by atoms with van der Waals surface area (Å²) in [5, 5.41) is 0. The molecule has 1 heterocycles. The smallest absolute Gasteiger partial charge is 0.243 e. The van der Waals surface area contributed by atoms with Gasteiger partial charge < -0.3 is 9.64 Å². The summed E-state index contributed by atoms with van der Waals surface area (Å²) in [5.41, 5.74) is 4.51. The average molecular weight is 375 g/mol. The summed E-state index contributed by atoms with van der Waals surface area (Å²) in [6.07, 6.45) is 0. The Balaban J connectivity index is 1.78. The largest absolute Gasteiger partial charge is 0.496 e. The summed E-state index contributed by atoms with van der Waals surface area (Å²) in [5.74, 6) is 0.698. The Hall–Kier alpha value is -2.05. The van der Waals surface area contributed by atoms with Crippen molar-refractivity contribution in [1.82, 2.24) is 4.31 Å². The molecule has 3 rings (SSSR count). The van der Waals surface area contributed by atoms with Gasteiger partial charge in [-0.2, -0.15) is 4.31 Å². The summed E-state index contributed by atoms with van der Waals surface area (Å²) in [7, 11) is -1.90. The topological polar surface area (TPSA) is 49.9 Å². The third kappa shape index (κ3) is 3.44. The van der Waals surface area contributed by atoms with E-state index in [1.54, 1.807) is 29.6 Å². The van der Waals surface area contributed by atoms with Crippen LogP contribution in [0.25, 0.3) is 0 Å². The molecule has 1 fully saturated rings. The molecule has 0 radical (unpaired) electrons. The van der Waals surface area contributed by atoms with Crippen LogP contribution < -0.4 is 9.64 Å². The number of aryl methyl sites for hydroxylation is 3.